The van der Waals surface area contributed by atoms with Gasteiger partial charge < -0.3 is 24.7 Å². The first-order valence-corrected chi connectivity index (χ1v) is 11.1. The molecule has 4 rings (SSSR count). The molecular formula is C24H25ClN2O6. The first-order chi connectivity index (χ1) is 15.8. The van der Waals surface area contributed by atoms with Crippen LogP contribution in [0.15, 0.2) is 54.7 Å². The minimum Gasteiger partial charge on any atom is -0.489 e. The van der Waals surface area contributed by atoms with Crippen molar-refractivity contribution in [3.8, 4) is 5.75 Å². The van der Waals surface area contributed by atoms with Crippen LogP contribution in [0.4, 0.5) is 0 Å². The van der Waals surface area contributed by atoms with Crippen molar-refractivity contribution < 1.29 is 29.3 Å². The molecule has 33 heavy (non-hydrogen) atoms. The van der Waals surface area contributed by atoms with Gasteiger partial charge in [-0.15, -0.1) is 0 Å². The number of piperidine rings is 1. The lowest BCUT2D eigenvalue weighted by molar-refractivity contribution is -0.169. The lowest BCUT2D eigenvalue weighted by Gasteiger charge is -2.39. The average Bonchev–Trinajstić information content (AvgIpc) is 3.29. The van der Waals surface area contributed by atoms with E-state index in [1.54, 1.807) is 24.4 Å². The third kappa shape index (κ3) is 5.47. The summed E-state index contributed by atoms with van der Waals surface area (Å²) in [5.74, 6) is -2.36. The molecule has 1 saturated heterocycles. The number of carbonyl (C=O) groups excluding carboxylic acids is 1. The Bertz CT molecular complexity index is 1120. The van der Waals surface area contributed by atoms with Crippen molar-refractivity contribution in [2.24, 2.45) is 0 Å². The van der Waals surface area contributed by atoms with E-state index in [0.717, 1.165) is 16.5 Å². The summed E-state index contributed by atoms with van der Waals surface area (Å²) in [5.41, 5.74) is 0.752. The maximum absolute atomic E-state index is 11.7. The number of esters is 1. The first-order valence-electron chi connectivity index (χ1n) is 10.7. The van der Waals surface area contributed by atoms with E-state index in [0.29, 0.717) is 43.2 Å². The predicted molar refractivity (Wildman–Crippen MR) is 122 cm³/mol. The third-order valence-electron chi connectivity index (χ3n) is 5.95. The van der Waals surface area contributed by atoms with Crippen LogP contribution in [-0.4, -0.2) is 64.4 Å². The van der Waals surface area contributed by atoms with Crippen LogP contribution < -0.4 is 4.74 Å². The second-order valence-corrected chi connectivity index (χ2v) is 8.61. The number of fused-ring (bicyclic) bond motifs is 1. The van der Waals surface area contributed by atoms with E-state index in [4.69, 9.17) is 26.2 Å². The number of hydrogen-bond donors (Lipinski definition) is 3. The lowest BCUT2D eigenvalue weighted by Crippen LogP contribution is -2.47. The molecule has 1 aliphatic heterocycles. The minimum atomic E-state index is -1.65. The second-order valence-electron chi connectivity index (χ2n) is 8.18. The van der Waals surface area contributed by atoms with Crippen LogP contribution >= 0.6 is 11.6 Å². The van der Waals surface area contributed by atoms with Crippen LogP contribution in [0, 0.1) is 0 Å². The van der Waals surface area contributed by atoms with Crippen LogP contribution in [0.3, 0.4) is 0 Å². The Hall–Kier alpha value is -3.07. The lowest BCUT2D eigenvalue weighted by atomic mass is 9.84. The fourth-order valence-corrected chi connectivity index (χ4v) is 4.26. The molecule has 0 spiro atoms. The maximum Gasteiger partial charge on any atom is 0.417 e. The predicted octanol–water partition coefficient (Wildman–Crippen LogP) is 3.18. The second kappa shape index (κ2) is 9.82. The van der Waals surface area contributed by atoms with E-state index < -0.39 is 23.6 Å². The number of nitrogens with one attached hydrogen (secondary N) is 1. The number of carboxylic acids is 1. The summed E-state index contributed by atoms with van der Waals surface area (Å²) in [4.78, 5) is 27.9. The largest absolute Gasteiger partial charge is 0.489 e. The molecule has 9 heteroatoms. The number of benzene rings is 2. The first kappa shape index (κ1) is 23.1. The number of hydrogen-bond acceptors (Lipinski definition) is 6. The van der Waals surface area contributed by atoms with E-state index in [-0.39, 0.29) is 6.61 Å². The third-order valence-corrected chi connectivity index (χ3v) is 6.21. The topological polar surface area (TPSA) is 112 Å². The molecule has 0 amide bonds. The van der Waals surface area contributed by atoms with Gasteiger partial charge >= 0.3 is 11.9 Å². The van der Waals surface area contributed by atoms with E-state index in [1.165, 1.54) is 0 Å². The molecule has 1 atom stereocenters. The highest BCUT2D eigenvalue weighted by molar-refractivity contribution is 6.30. The molecule has 1 fully saturated rings. The fraction of sp³-hybridized carbons (Fsp3) is 0.333. The highest BCUT2D eigenvalue weighted by atomic mass is 35.5. The molecule has 1 aromatic heterocycles. The Labute approximate surface area is 195 Å². The van der Waals surface area contributed by atoms with Gasteiger partial charge in [0.1, 0.15) is 18.5 Å². The Morgan fingerprint density at radius 2 is 1.85 bits per heavy atom. The monoisotopic (exact) mass is 472 g/mol. The number of nitrogens with zero attached hydrogens (tertiary/aromatic N) is 1. The zero-order chi connectivity index (χ0) is 23.4. The molecule has 0 radical (unpaired) electrons. The Kier molecular flexibility index (Phi) is 6.88. The molecule has 1 aliphatic rings. The number of aliphatic hydroxyl groups is 1. The summed E-state index contributed by atoms with van der Waals surface area (Å²) >= 11 is 5.95. The average molecular weight is 473 g/mol. The number of aliphatic carboxylic acids is 1. The van der Waals surface area contributed by atoms with Crippen molar-refractivity contribution in [2.75, 3.05) is 26.2 Å². The van der Waals surface area contributed by atoms with Crippen molar-refractivity contribution in [1.29, 1.82) is 0 Å². The smallest absolute Gasteiger partial charge is 0.417 e. The Balaban J connectivity index is 1.40. The zero-order valence-corrected chi connectivity index (χ0v) is 18.6. The number of aromatic amines is 1. The van der Waals surface area contributed by atoms with Crippen molar-refractivity contribution >= 4 is 34.4 Å². The summed E-state index contributed by atoms with van der Waals surface area (Å²) in [6, 6.07) is 14.6. The van der Waals surface area contributed by atoms with Crippen LogP contribution in [0.1, 0.15) is 18.4 Å². The maximum atomic E-state index is 11.7. The van der Waals surface area contributed by atoms with Crippen LogP contribution in [0.5, 0.6) is 5.75 Å². The highest BCUT2D eigenvalue weighted by Crippen LogP contribution is 2.33. The minimum absolute atomic E-state index is 0.00126. The summed E-state index contributed by atoms with van der Waals surface area (Å²) in [6.45, 7) is 1.39. The number of aromatic nitrogens is 1. The normalized spacial score (nSPS) is 16.9. The summed E-state index contributed by atoms with van der Waals surface area (Å²) in [7, 11) is 0. The fourth-order valence-electron chi connectivity index (χ4n) is 4.13. The van der Waals surface area contributed by atoms with Gasteiger partial charge in [0.15, 0.2) is 0 Å². The van der Waals surface area contributed by atoms with Crippen LogP contribution in [0.25, 0.3) is 10.9 Å². The van der Waals surface area contributed by atoms with Gasteiger partial charge in [-0.2, -0.15) is 0 Å². The van der Waals surface area contributed by atoms with Gasteiger partial charge in [-0.25, -0.2) is 9.59 Å². The van der Waals surface area contributed by atoms with Crippen molar-refractivity contribution in [3.05, 3.63) is 65.3 Å². The molecule has 3 N–H and O–H groups in total. The molecule has 3 aromatic rings. The van der Waals surface area contributed by atoms with Gasteiger partial charge in [0.25, 0.3) is 0 Å². The van der Waals surface area contributed by atoms with Gasteiger partial charge in [-0.3, -0.25) is 4.90 Å². The number of likely N-dealkylation sites (tertiary alicyclic amines) is 1. The van der Waals surface area contributed by atoms with E-state index in [9.17, 15) is 14.7 Å². The summed E-state index contributed by atoms with van der Waals surface area (Å²) < 4.78 is 11.1. The van der Waals surface area contributed by atoms with Gasteiger partial charge in [-0.05, 0) is 48.7 Å². The van der Waals surface area contributed by atoms with Gasteiger partial charge in [-0.1, -0.05) is 29.8 Å². The molecule has 0 bridgehead atoms. The summed E-state index contributed by atoms with van der Waals surface area (Å²) in [6.07, 6.45) is 1.98. The molecule has 0 saturated carbocycles. The Morgan fingerprint density at radius 1 is 1.12 bits per heavy atom. The van der Waals surface area contributed by atoms with Crippen molar-refractivity contribution in [1.82, 2.24) is 9.88 Å². The molecule has 174 valence electrons. The molecule has 8 nitrogen and oxygen atoms in total. The molecule has 2 aromatic carbocycles. The molecular weight excluding hydrogens is 448 g/mol. The van der Waals surface area contributed by atoms with Crippen molar-refractivity contribution in [2.45, 2.75) is 24.5 Å². The van der Waals surface area contributed by atoms with Gasteiger partial charge in [0.2, 0.25) is 0 Å². The number of carboxylic acid groups (broad SMARTS) is 1. The standard InChI is InChI=1S/C24H25ClN2O6/c25-17-6-4-16(5-7-17)24(31)9-12-27(13-10-24)14-18(33-23(30)22(28)29)15-32-21-3-1-2-20-19(21)8-11-26-20/h1-8,11,18,26,31H,9-10,12-15H2,(H,28,29)/t18-/m0/s1. The quantitative estimate of drug-likeness (QED) is 0.357. The van der Waals surface area contributed by atoms with Gasteiger partial charge in [0.05, 0.1) is 5.60 Å². The molecule has 2 heterocycles. The number of halogens is 1. The van der Waals surface area contributed by atoms with E-state index >= 15 is 0 Å². The number of carbonyl (C=O) groups is 2. The highest BCUT2D eigenvalue weighted by Gasteiger charge is 2.35. The molecule has 0 aliphatic carbocycles. The Morgan fingerprint density at radius 3 is 2.55 bits per heavy atom. The number of H-pyrrole nitrogens is 1. The van der Waals surface area contributed by atoms with Crippen molar-refractivity contribution in [3.63, 3.8) is 0 Å². The SMILES string of the molecule is O=C(O)C(=O)O[C@H](COc1cccc2[nH]ccc12)CN1CCC(O)(c2ccc(Cl)cc2)CC1. The van der Waals surface area contributed by atoms with Crippen LogP contribution in [0.2, 0.25) is 5.02 Å². The molecule has 0 unspecified atom stereocenters. The van der Waals surface area contributed by atoms with E-state index in [2.05, 4.69) is 4.98 Å². The zero-order valence-electron chi connectivity index (χ0n) is 17.9. The number of rotatable bonds is 7. The van der Waals surface area contributed by atoms with Gasteiger partial charge in [0, 0.05) is 41.8 Å². The van der Waals surface area contributed by atoms with E-state index in [1.807, 2.05) is 35.2 Å². The van der Waals surface area contributed by atoms with Crippen LogP contribution in [-0.2, 0) is 19.9 Å². The number of ether oxygens (including phenoxy) is 2. The summed E-state index contributed by atoms with van der Waals surface area (Å²) in [5, 5.41) is 21.5.